The van der Waals surface area contributed by atoms with Gasteiger partial charge < -0.3 is 29.1 Å². The van der Waals surface area contributed by atoms with Crippen LogP contribution in [0.1, 0.15) is 121 Å². The van der Waals surface area contributed by atoms with Crippen molar-refractivity contribution in [3.63, 3.8) is 0 Å². The fraction of sp³-hybridized carbons (Fsp3) is 0.115. The van der Waals surface area contributed by atoms with Crippen LogP contribution in [0.5, 0.6) is 11.5 Å². The molecule has 18 aromatic rings. The number of para-hydroxylation sites is 3. The Labute approximate surface area is 811 Å². The van der Waals surface area contributed by atoms with E-state index in [2.05, 4.69) is 520 Å². The van der Waals surface area contributed by atoms with E-state index in [1.165, 1.54) is 139 Å². The molecule has 18 rings (SSSR count). The van der Waals surface area contributed by atoms with Gasteiger partial charge in [-0.05, 0) is 325 Å². The van der Waals surface area contributed by atoms with E-state index in [0.29, 0.717) is 6.61 Å². The molecule has 0 aliphatic rings. The molecule has 0 fully saturated rings. The number of benzene rings is 18. The van der Waals surface area contributed by atoms with Crippen LogP contribution in [-0.4, -0.2) is 13.7 Å². The molecule has 0 saturated carbocycles. The summed E-state index contributed by atoms with van der Waals surface area (Å²) in [6, 6.07) is 149. The summed E-state index contributed by atoms with van der Waals surface area (Å²) in [5, 5.41) is 0. The molecule has 18 aromatic carbocycles. The molecule has 0 bridgehead atoms. The molecule has 674 valence electrons. The summed E-state index contributed by atoms with van der Waals surface area (Å²) in [6.45, 7) is 24.5. The van der Waals surface area contributed by atoms with E-state index in [4.69, 9.17) is 9.47 Å². The minimum Gasteiger partial charge on any atom is -0.497 e. The fourth-order valence-electron chi connectivity index (χ4n) is 18.1. The molecule has 0 radical (unpaired) electrons. The highest BCUT2D eigenvalue weighted by molar-refractivity contribution is 5.89. The van der Waals surface area contributed by atoms with Crippen LogP contribution in [-0.2, 0) is 12.8 Å². The highest BCUT2D eigenvalue weighted by Gasteiger charge is 2.23. The lowest BCUT2D eigenvalue weighted by atomic mass is 9.98. The Bertz CT molecular complexity index is 7260. The van der Waals surface area contributed by atoms with Crippen LogP contribution in [0.4, 0.5) is 68.2 Å². The number of hydrogen-bond acceptors (Lipinski definition) is 6. The second kappa shape index (κ2) is 43.6. The highest BCUT2D eigenvalue weighted by Crippen LogP contribution is 2.46. The van der Waals surface area contributed by atoms with Crippen LogP contribution < -0.4 is 29.1 Å². The van der Waals surface area contributed by atoms with Gasteiger partial charge in [0.2, 0.25) is 0 Å². The first-order chi connectivity index (χ1) is 67.0. The molecule has 6 nitrogen and oxygen atoms in total. The molecule has 0 atom stereocenters. The number of hydrogen-bond donors (Lipinski definition) is 0. The molecular formula is C131H118N4O2. The first kappa shape index (κ1) is 92.6. The Morgan fingerprint density at radius 2 is 0.482 bits per heavy atom. The van der Waals surface area contributed by atoms with Crippen molar-refractivity contribution in [3.8, 4) is 56.0 Å². The monoisotopic (exact) mass is 1780 g/mol. The molecule has 137 heavy (non-hydrogen) atoms. The Hall–Kier alpha value is -16.3. The van der Waals surface area contributed by atoms with Crippen LogP contribution in [0.15, 0.2) is 413 Å². The molecule has 0 aliphatic heterocycles. The first-order valence-corrected chi connectivity index (χ1v) is 47.7. The van der Waals surface area contributed by atoms with Gasteiger partial charge in [0.15, 0.2) is 0 Å². The Kier molecular flexibility index (Phi) is 29.5. The summed E-state index contributed by atoms with van der Waals surface area (Å²) >= 11 is 0. The zero-order valence-electron chi connectivity index (χ0n) is 80.6. The van der Waals surface area contributed by atoms with Gasteiger partial charge >= 0.3 is 0 Å². The third kappa shape index (κ3) is 22.3. The van der Waals surface area contributed by atoms with Crippen LogP contribution in [0, 0.1) is 55.4 Å². The summed E-state index contributed by atoms with van der Waals surface area (Å²) in [6.07, 6.45) is 19.2. The predicted octanol–water partition coefficient (Wildman–Crippen LogP) is 36.6. The van der Waals surface area contributed by atoms with Crippen molar-refractivity contribution in [2.75, 3.05) is 33.3 Å². The molecule has 0 heterocycles. The Morgan fingerprint density at radius 1 is 0.219 bits per heavy atom. The van der Waals surface area contributed by atoms with Gasteiger partial charge in [0.1, 0.15) is 11.5 Å². The summed E-state index contributed by atoms with van der Waals surface area (Å²) in [5.41, 5.74) is 45.0. The van der Waals surface area contributed by atoms with E-state index in [-0.39, 0.29) is 0 Å². The largest absolute Gasteiger partial charge is 0.497 e. The summed E-state index contributed by atoms with van der Waals surface area (Å²) < 4.78 is 11.2. The molecular weight excluding hydrogens is 1660 g/mol. The molecule has 0 spiro atoms. The molecule has 6 heteroatoms. The van der Waals surface area contributed by atoms with Gasteiger partial charge in [-0.1, -0.05) is 364 Å². The Balaban J connectivity index is 0.000000190. The molecule has 0 N–H and O–H groups in total. The highest BCUT2D eigenvalue weighted by atomic mass is 16.5. The van der Waals surface area contributed by atoms with E-state index in [1.54, 1.807) is 7.11 Å². The molecule has 0 unspecified atom stereocenters. The first-order valence-electron chi connectivity index (χ1n) is 47.7. The average molecular weight is 1780 g/mol. The topological polar surface area (TPSA) is 31.4 Å². The van der Waals surface area contributed by atoms with Crippen LogP contribution in [0.25, 0.3) is 93.1 Å². The summed E-state index contributed by atoms with van der Waals surface area (Å²) in [5.74, 6) is 1.75. The number of methoxy groups -OCH3 is 1. The lowest BCUT2D eigenvalue weighted by Crippen LogP contribution is -2.13. The maximum atomic E-state index is 5.85. The van der Waals surface area contributed by atoms with E-state index < -0.39 is 0 Å². The van der Waals surface area contributed by atoms with E-state index in [1.807, 2.05) is 37.3 Å². The zero-order valence-corrected chi connectivity index (χ0v) is 80.6. The van der Waals surface area contributed by atoms with E-state index in [9.17, 15) is 0 Å². The predicted molar refractivity (Wildman–Crippen MR) is 589 cm³/mol. The normalized spacial score (nSPS) is 11.3. The van der Waals surface area contributed by atoms with Crippen molar-refractivity contribution in [2.45, 2.75) is 89.0 Å². The SMILES string of the molecule is CCOc1ccccc1/C=C/c1ccc(N(c2ccc(-c3ccc(-c4ccc(N(c5ccc(/C=C/c6ccccc6C)cc5)c5ccc(C)cc5C)cc4)cc3)cc2)c2ccc(C)cc2C)cc1.CCc1cccc(C)c1N(c1ccc(/C=C/c2ccc(C)cc2)cc1)c1ccc(-c2ccc(-c3ccc(N(c4ccc(/C=C/c5ccc(OC)cc5)cc4)c4c(C)cccc4CC)cc3)cc2)cc1. The maximum Gasteiger partial charge on any atom is 0.126 e. The van der Waals surface area contributed by atoms with E-state index >= 15 is 0 Å². The van der Waals surface area contributed by atoms with Crippen LogP contribution >= 0.6 is 0 Å². The quantitative estimate of drug-likeness (QED) is 0.0434. The lowest BCUT2D eigenvalue weighted by molar-refractivity contribution is 0.339. The van der Waals surface area contributed by atoms with Crippen molar-refractivity contribution in [1.82, 2.24) is 0 Å². The Morgan fingerprint density at radius 3 is 0.796 bits per heavy atom. The van der Waals surface area contributed by atoms with E-state index in [0.717, 1.165) is 97.8 Å². The smallest absolute Gasteiger partial charge is 0.126 e. The fourth-order valence-corrected chi connectivity index (χ4v) is 18.1. The summed E-state index contributed by atoms with van der Waals surface area (Å²) in [4.78, 5) is 9.54. The van der Waals surface area contributed by atoms with Gasteiger partial charge in [0, 0.05) is 62.4 Å². The number of rotatable bonds is 29. The minimum absolute atomic E-state index is 0.637. The van der Waals surface area contributed by atoms with Gasteiger partial charge in [-0.2, -0.15) is 0 Å². The van der Waals surface area contributed by atoms with Crippen LogP contribution in [0.2, 0.25) is 0 Å². The molecule has 0 amide bonds. The second-order valence-corrected chi connectivity index (χ2v) is 35.3. The molecule has 0 saturated heterocycles. The van der Waals surface area contributed by atoms with Gasteiger partial charge in [-0.15, -0.1) is 0 Å². The average Bonchev–Trinajstić information content (AvgIpc) is 0.887. The van der Waals surface area contributed by atoms with Crippen molar-refractivity contribution < 1.29 is 9.47 Å². The molecule has 0 aromatic heterocycles. The number of anilines is 12. The van der Waals surface area contributed by atoms with Crippen molar-refractivity contribution in [2.24, 2.45) is 0 Å². The third-order valence-corrected chi connectivity index (χ3v) is 25.7. The number of ether oxygens (including phenoxy) is 2. The molecule has 0 aliphatic carbocycles. The lowest BCUT2D eigenvalue weighted by Gasteiger charge is -2.29. The number of nitrogens with zero attached hydrogens (tertiary/aromatic N) is 4. The van der Waals surface area contributed by atoms with Gasteiger partial charge in [-0.25, -0.2) is 0 Å². The standard InChI is InChI=1S/C66H60N2O.C65H58N2O/c1-7-54-13-9-11-48(4)65(54)67(60-37-23-51(24-38-60)20-19-50-17-15-47(3)16-18-50)62-41-33-58(34-42-62)56-29-31-57(32-30-56)59-35-43-63(44-36-59)68(66-49(5)12-10-14-55(66)8-2)61-39-25-52(26-40-61)21-22-53-27-45-64(69-6)46-28-53;1-7-68-65-15-11-10-14-58(65)25-19-52-22-36-60(37-23-52)67(64-43-17-47(3)45-50(64)6)62-40-32-57(33-41-62)55-28-26-54(27-29-55)56-30-38-61(39-31-56)66(63-42-16-46(2)44-49(63)5)59-34-20-51(21-35-59)18-24-53-13-9-8-12-48(53)4/h9-46H,7-8H2,1-6H3;8-45H,7H2,1-6H3/b20-19+,22-21+;24-18+,25-19+. The van der Waals surface area contributed by atoms with Crippen molar-refractivity contribution >= 4 is 117 Å². The summed E-state index contributed by atoms with van der Waals surface area (Å²) in [7, 11) is 1.69. The number of aryl methyl sites for hydroxylation is 10. The van der Waals surface area contributed by atoms with Crippen LogP contribution in [0.3, 0.4) is 0 Å². The minimum atomic E-state index is 0.637. The zero-order chi connectivity index (χ0) is 94.7. The third-order valence-electron chi connectivity index (χ3n) is 25.7. The second-order valence-electron chi connectivity index (χ2n) is 35.3. The maximum absolute atomic E-state index is 5.85. The van der Waals surface area contributed by atoms with Crippen molar-refractivity contribution in [1.29, 1.82) is 0 Å². The van der Waals surface area contributed by atoms with Gasteiger partial charge in [-0.3, -0.25) is 0 Å². The van der Waals surface area contributed by atoms with Gasteiger partial charge in [0.05, 0.1) is 25.1 Å². The van der Waals surface area contributed by atoms with Crippen molar-refractivity contribution in [3.05, 3.63) is 513 Å². The van der Waals surface area contributed by atoms with Gasteiger partial charge in [0.25, 0.3) is 0 Å².